The number of nitrogens with one attached hydrogen (secondary N) is 1. The van der Waals surface area contributed by atoms with Gasteiger partial charge in [-0.25, -0.2) is 4.98 Å². The first-order chi connectivity index (χ1) is 13.2. The molecular formula is C21H32N4O2. The Kier molecular flexibility index (Phi) is 5.93. The molecule has 2 saturated heterocycles. The lowest BCUT2D eigenvalue weighted by molar-refractivity contribution is -0.0598. The van der Waals surface area contributed by atoms with Crippen LogP contribution in [0.15, 0.2) is 18.3 Å². The smallest absolute Gasteiger partial charge is 0.254 e. The highest BCUT2D eigenvalue weighted by molar-refractivity contribution is 5.98. The fraction of sp³-hybridized carbons (Fsp3) is 0.714. The Hall–Kier alpha value is -1.66. The van der Waals surface area contributed by atoms with Crippen LogP contribution in [0, 0.1) is 0 Å². The number of carbonyl (C=O) groups excluding carboxylic acids is 1. The standard InChI is InChI=1S/C21H32N4O2/c1-22-21(26)19-6-3-11-23-20(19)25-14-9-18(10-15-25)27-17-7-12-24(13-8-17)16-4-2-5-16/h3,6,11,16-18H,2,4-5,7-10,12-15H2,1H3,(H,22,26). The second kappa shape index (κ2) is 8.57. The van der Waals surface area contributed by atoms with Crippen molar-refractivity contribution in [3.63, 3.8) is 0 Å². The number of rotatable bonds is 5. The van der Waals surface area contributed by atoms with Crippen LogP contribution in [0.5, 0.6) is 0 Å². The van der Waals surface area contributed by atoms with E-state index in [1.54, 1.807) is 13.2 Å². The largest absolute Gasteiger partial charge is 0.375 e. The summed E-state index contributed by atoms with van der Waals surface area (Å²) in [6, 6.07) is 4.53. The van der Waals surface area contributed by atoms with E-state index >= 15 is 0 Å². The first kappa shape index (κ1) is 18.7. The molecule has 0 bridgehead atoms. The normalized spacial score (nSPS) is 23.2. The summed E-state index contributed by atoms with van der Waals surface area (Å²) in [6.45, 7) is 4.20. The van der Waals surface area contributed by atoms with Crippen LogP contribution in [0.25, 0.3) is 0 Å². The second-order valence-corrected chi connectivity index (χ2v) is 8.10. The Labute approximate surface area is 162 Å². The van der Waals surface area contributed by atoms with Gasteiger partial charge in [-0.2, -0.15) is 0 Å². The maximum absolute atomic E-state index is 12.1. The number of hydrogen-bond donors (Lipinski definition) is 1. The summed E-state index contributed by atoms with van der Waals surface area (Å²) in [5.41, 5.74) is 0.655. The second-order valence-electron chi connectivity index (χ2n) is 8.10. The van der Waals surface area contributed by atoms with Gasteiger partial charge in [0.1, 0.15) is 5.82 Å². The molecule has 6 heteroatoms. The minimum atomic E-state index is -0.0744. The number of hydrogen-bond acceptors (Lipinski definition) is 5. The van der Waals surface area contributed by atoms with Crippen LogP contribution >= 0.6 is 0 Å². The van der Waals surface area contributed by atoms with Crippen LogP contribution in [0.1, 0.15) is 55.3 Å². The molecule has 3 heterocycles. The van der Waals surface area contributed by atoms with Crippen molar-refractivity contribution in [1.29, 1.82) is 0 Å². The highest BCUT2D eigenvalue weighted by Crippen LogP contribution is 2.29. The third kappa shape index (κ3) is 4.27. The molecule has 4 rings (SSSR count). The molecule has 0 aromatic carbocycles. The van der Waals surface area contributed by atoms with Crippen molar-refractivity contribution in [1.82, 2.24) is 15.2 Å². The molecule has 0 spiro atoms. The van der Waals surface area contributed by atoms with Crippen LogP contribution in [0.3, 0.4) is 0 Å². The number of amides is 1. The van der Waals surface area contributed by atoms with E-state index in [0.717, 1.165) is 37.8 Å². The summed E-state index contributed by atoms with van der Waals surface area (Å²) < 4.78 is 6.44. The number of nitrogens with zero attached hydrogens (tertiary/aromatic N) is 3. The van der Waals surface area contributed by atoms with Gasteiger partial charge in [-0.1, -0.05) is 6.42 Å². The minimum Gasteiger partial charge on any atom is -0.375 e. The molecule has 3 aliphatic rings. The number of piperidine rings is 2. The topological polar surface area (TPSA) is 57.7 Å². The van der Waals surface area contributed by atoms with E-state index in [9.17, 15) is 4.79 Å². The third-order valence-electron chi connectivity index (χ3n) is 6.45. The molecule has 6 nitrogen and oxygen atoms in total. The molecule has 1 aromatic heterocycles. The van der Waals surface area contributed by atoms with Gasteiger partial charge >= 0.3 is 0 Å². The van der Waals surface area contributed by atoms with E-state index in [0.29, 0.717) is 17.8 Å². The molecule has 0 radical (unpaired) electrons. The maximum Gasteiger partial charge on any atom is 0.254 e. The quantitative estimate of drug-likeness (QED) is 0.860. The van der Waals surface area contributed by atoms with Crippen LogP contribution in [-0.2, 0) is 4.74 Å². The zero-order chi connectivity index (χ0) is 18.6. The average Bonchev–Trinajstić information content (AvgIpc) is 2.68. The molecule has 148 valence electrons. The van der Waals surface area contributed by atoms with Gasteiger partial charge < -0.3 is 19.9 Å². The summed E-state index contributed by atoms with van der Waals surface area (Å²) >= 11 is 0. The number of carbonyl (C=O) groups is 1. The molecule has 1 amide bonds. The van der Waals surface area contributed by atoms with Crippen molar-refractivity contribution in [2.24, 2.45) is 0 Å². The van der Waals surface area contributed by atoms with E-state index in [1.807, 2.05) is 12.1 Å². The van der Waals surface area contributed by atoms with Crippen molar-refractivity contribution < 1.29 is 9.53 Å². The summed E-state index contributed by atoms with van der Waals surface area (Å²) in [6.07, 6.45) is 11.1. The summed E-state index contributed by atoms with van der Waals surface area (Å²) in [5, 5.41) is 2.71. The van der Waals surface area contributed by atoms with Gasteiger partial charge in [-0.05, 0) is 50.7 Å². The monoisotopic (exact) mass is 372 g/mol. The van der Waals surface area contributed by atoms with Crippen molar-refractivity contribution in [3.8, 4) is 0 Å². The Morgan fingerprint density at radius 3 is 2.33 bits per heavy atom. The van der Waals surface area contributed by atoms with Gasteiger partial charge in [0.2, 0.25) is 0 Å². The first-order valence-electron chi connectivity index (χ1n) is 10.6. The zero-order valence-electron chi connectivity index (χ0n) is 16.4. The lowest BCUT2D eigenvalue weighted by Gasteiger charge is -2.43. The van der Waals surface area contributed by atoms with Crippen molar-refractivity contribution in [2.75, 3.05) is 38.1 Å². The van der Waals surface area contributed by atoms with Crippen LogP contribution in [-0.4, -0.2) is 67.3 Å². The van der Waals surface area contributed by atoms with Crippen molar-refractivity contribution in [3.05, 3.63) is 23.9 Å². The van der Waals surface area contributed by atoms with E-state index < -0.39 is 0 Å². The van der Waals surface area contributed by atoms with E-state index in [4.69, 9.17) is 4.74 Å². The SMILES string of the molecule is CNC(=O)c1cccnc1N1CCC(OC2CCN(C3CCC3)CC2)CC1. The zero-order valence-corrected chi connectivity index (χ0v) is 16.4. The molecule has 27 heavy (non-hydrogen) atoms. The summed E-state index contributed by atoms with van der Waals surface area (Å²) in [7, 11) is 1.66. The molecule has 0 unspecified atom stereocenters. The Bertz CT molecular complexity index is 633. The van der Waals surface area contributed by atoms with Gasteiger partial charge in [-0.3, -0.25) is 4.79 Å². The Morgan fingerprint density at radius 1 is 1.07 bits per heavy atom. The van der Waals surface area contributed by atoms with Crippen LogP contribution in [0.2, 0.25) is 0 Å². The number of likely N-dealkylation sites (tertiary alicyclic amines) is 1. The highest BCUT2D eigenvalue weighted by Gasteiger charge is 2.31. The predicted molar refractivity (Wildman–Crippen MR) is 106 cm³/mol. The van der Waals surface area contributed by atoms with E-state index in [2.05, 4.69) is 20.1 Å². The van der Waals surface area contributed by atoms with Gasteiger partial charge in [0.25, 0.3) is 5.91 Å². The maximum atomic E-state index is 12.1. The van der Waals surface area contributed by atoms with Gasteiger partial charge in [0, 0.05) is 45.5 Å². The number of anilines is 1. The highest BCUT2D eigenvalue weighted by atomic mass is 16.5. The lowest BCUT2D eigenvalue weighted by Crippen LogP contribution is -2.47. The molecule has 1 aromatic rings. The van der Waals surface area contributed by atoms with Gasteiger partial charge in [-0.15, -0.1) is 0 Å². The number of ether oxygens (including phenoxy) is 1. The number of aromatic nitrogens is 1. The van der Waals surface area contributed by atoms with Crippen molar-refractivity contribution in [2.45, 2.75) is 63.2 Å². The minimum absolute atomic E-state index is 0.0744. The van der Waals surface area contributed by atoms with Gasteiger partial charge in [0.05, 0.1) is 17.8 Å². The predicted octanol–water partition coefficient (Wildman–Crippen LogP) is 2.44. The molecule has 0 atom stereocenters. The Morgan fingerprint density at radius 2 is 1.74 bits per heavy atom. The van der Waals surface area contributed by atoms with E-state index in [-0.39, 0.29) is 5.91 Å². The summed E-state index contributed by atoms with van der Waals surface area (Å²) in [4.78, 5) is 21.5. The van der Waals surface area contributed by atoms with Crippen molar-refractivity contribution >= 4 is 11.7 Å². The fourth-order valence-electron chi connectivity index (χ4n) is 4.57. The molecule has 3 fully saturated rings. The van der Waals surface area contributed by atoms with Crippen LogP contribution in [0.4, 0.5) is 5.82 Å². The summed E-state index contributed by atoms with van der Waals surface area (Å²) in [5.74, 6) is 0.721. The molecule has 1 saturated carbocycles. The Balaban J connectivity index is 1.26. The average molecular weight is 373 g/mol. The molecule has 1 N–H and O–H groups in total. The molecular weight excluding hydrogens is 340 g/mol. The fourth-order valence-corrected chi connectivity index (χ4v) is 4.57. The third-order valence-corrected chi connectivity index (χ3v) is 6.45. The van der Waals surface area contributed by atoms with E-state index in [1.165, 1.54) is 45.2 Å². The first-order valence-corrected chi connectivity index (χ1v) is 10.6. The number of pyridine rings is 1. The van der Waals surface area contributed by atoms with Gasteiger partial charge in [0.15, 0.2) is 0 Å². The molecule has 1 aliphatic carbocycles. The lowest BCUT2D eigenvalue weighted by atomic mass is 9.89. The molecule has 2 aliphatic heterocycles. The van der Waals surface area contributed by atoms with Crippen LogP contribution < -0.4 is 10.2 Å².